The van der Waals surface area contributed by atoms with Gasteiger partial charge >= 0.3 is 6.09 Å². The zero-order valence-electron chi connectivity index (χ0n) is 16.5. The van der Waals surface area contributed by atoms with Crippen LogP contribution in [0.3, 0.4) is 0 Å². The van der Waals surface area contributed by atoms with Gasteiger partial charge in [0.15, 0.2) is 14.4 Å². The van der Waals surface area contributed by atoms with Crippen LogP contribution in [-0.4, -0.2) is 51.2 Å². The number of halogens is 1. The van der Waals surface area contributed by atoms with Gasteiger partial charge in [0.05, 0.1) is 19.2 Å². The lowest BCUT2D eigenvalue weighted by atomic mass is 10.2. The highest BCUT2D eigenvalue weighted by atomic mass is 28.4. The van der Waals surface area contributed by atoms with Gasteiger partial charge in [-0.05, 0) is 37.2 Å². The normalized spacial score (nSPS) is 19.4. The van der Waals surface area contributed by atoms with Gasteiger partial charge in [0.25, 0.3) is 0 Å². The fourth-order valence-corrected chi connectivity index (χ4v) is 3.46. The summed E-state index contributed by atoms with van der Waals surface area (Å²) in [5.74, 6) is 0.0674. The maximum absolute atomic E-state index is 13.2. The molecular formula is C19H30FNO4Si. The Hall–Kier alpha value is -1.60. The molecule has 1 aliphatic heterocycles. The van der Waals surface area contributed by atoms with Crippen LogP contribution in [0.15, 0.2) is 24.3 Å². The van der Waals surface area contributed by atoms with Crippen molar-refractivity contribution < 1.29 is 23.1 Å². The van der Waals surface area contributed by atoms with E-state index in [2.05, 4.69) is 33.9 Å². The number of hydrogen-bond acceptors (Lipinski definition) is 4. The molecule has 0 aliphatic carbocycles. The summed E-state index contributed by atoms with van der Waals surface area (Å²) in [4.78, 5) is 13.8. The topological polar surface area (TPSA) is 48.0 Å². The van der Waals surface area contributed by atoms with Gasteiger partial charge in [0.1, 0.15) is 18.2 Å². The van der Waals surface area contributed by atoms with Crippen molar-refractivity contribution in [2.45, 2.75) is 58.0 Å². The molecule has 2 rings (SSSR count). The lowest BCUT2D eigenvalue weighted by molar-refractivity contribution is 0.0998. The third-order valence-electron chi connectivity index (χ3n) is 5.16. The monoisotopic (exact) mass is 383 g/mol. The second kappa shape index (κ2) is 7.96. The van der Waals surface area contributed by atoms with Crippen LogP contribution >= 0.6 is 0 Å². The molecule has 5 nitrogen and oxygen atoms in total. The van der Waals surface area contributed by atoms with Gasteiger partial charge in [-0.25, -0.2) is 9.18 Å². The second-order valence-corrected chi connectivity index (χ2v) is 13.2. The summed E-state index contributed by atoms with van der Waals surface area (Å²) >= 11 is 0. The molecule has 0 radical (unpaired) electrons. The minimum atomic E-state index is -1.86. The van der Waals surface area contributed by atoms with E-state index in [9.17, 15) is 9.18 Å². The highest BCUT2D eigenvalue weighted by Crippen LogP contribution is 2.36. The second-order valence-electron chi connectivity index (χ2n) is 8.35. The van der Waals surface area contributed by atoms with E-state index in [0.717, 1.165) is 0 Å². The van der Waals surface area contributed by atoms with Gasteiger partial charge in [0.2, 0.25) is 0 Å². The Morgan fingerprint density at radius 1 is 1.38 bits per heavy atom. The van der Waals surface area contributed by atoms with E-state index in [-0.39, 0.29) is 35.7 Å². The van der Waals surface area contributed by atoms with E-state index in [1.165, 1.54) is 12.1 Å². The molecular weight excluding hydrogens is 353 g/mol. The molecule has 0 bridgehead atoms. The number of rotatable bonds is 7. The van der Waals surface area contributed by atoms with E-state index in [1.54, 1.807) is 17.0 Å². The zero-order valence-corrected chi connectivity index (χ0v) is 17.5. The third kappa shape index (κ3) is 5.20. The molecule has 2 atom stereocenters. The first kappa shape index (κ1) is 20.7. The van der Waals surface area contributed by atoms with Crippen LogP contribution in [0.4, 0.5) is 9.18 Å². The number of carbonyl (C=O) groups excluding carboxylic acids is 1. The van der Waals surface area contributed by atoms with E-state index in [0.29, 0.717) is 18.9 Å². The van der Waals surface area contributed by atoms with E-state index >= 15 is 0 Å². The summed E-state index contributed by atoms with van der Waals surface area (Å²) in [6, 6.07) is 5.85. The first-order valence-corrected chi connectivity index (χ1v) is 11.9. The average molecular weight is 384 g/mol. The summed E-state index contributed by atoms with van der Waals surface area (Å²) in [6.45, 7) is 14.0. The molecule has 0 aromatic heterocycles. The molecule has 1 aromatic rings. The molecule has 2 unspecified atom stereocenters. The molecule has 26 heavy (non-hydrogen) atoms. The van der Waals surface area contributed by atoms with E-state index in [4.69, 9.17) is 13.9 Å². The first-order chi connectivity index (χ1) is 12.0. The minimum absolute atomic E-state index is 0.0733. The molecule has 146 valence electrons. The van der Waals surface area contributed by atoms with Gasteiger partial charge in [-0.3, -0.25) is 4.90 Å². The van der Waals surface area contributed by atoms with Crippen LogP contribution in [0, 0.1) is 5.82 Å². The van der Waals surface area contributed by atoms with Gasteiger partial charge in [0, 0.05) is 6.07 Å². The van der Waals surface area contributed by atoms with Crippen molar-refractivity contribution in [1.82, 2.24) is 4.90 Å². The SMILES string of the molecule is CC(CO[Si](C)(C)C(C)(C)C)N1CC(COc2cccc(F)c2)OC1=O. The summed E-state index contributed by atoms with van der Waals surface area (Å²) in [7, 11) is -1.86. The van der Waals surface area contributed by atoms with Gasteiger partial charge in [-0.2, -0.15) is 0 Å². The Kier molecular flexibility index (Phi) is 6.34. The highest BCUT2D eigenvalue weighted by Gasteiger charge is 2.39. The van der Waals surface area contributed by atoms with Gasteiger partial charge < -0.3 is 13.9 Å². The van der Waals surface area contributed by atoms with E-state index < -0.39 is 8.32 Å². The Balaban J connectivity index is 1.84. The number of benzene rings is 1. The number of amides is 1. The van der Waals surface area contributed by atoms with Crippen LogP contribution in [-0.2, 0) is 9.16 Å². The number of ether oxygens (including phenoxy) is 2. The van der Waals surface area contributed by atoms with Crippen LogP contribution in [0.5, 0.6) is 5.75 Å². The van der Waals surface area contributed by atoms with Crippen LogP contribution in [0.25, 0.3) is 0 Å². The lowest BCUT2D eigenvalue weighted by Gasteiger charge is -2.37. The number of carbonyl (C=O) groups is 1. The molecule has 0 spiro atoms. The number of nitrogens with zero attached hydrogens (tertiary/aromatic N) is 1. The summed E-state index contributed by atoms with van der Waals surface area (Å²) in [5.41, 5.74) is 0. The fraction of sp³-hybridized carbons (Fsp3) is 0.632. The standard InChI is InChI=1S/C19H30FNO4Si/c1-14(12-24-26(5,6)19(2,3)4)21-11-17(25-18(21)22)13-23-16-9-7-8-15(20)10-16/h7-10,14,17H,11-13H2,1-6H3. The van der Waals surface area contributed by atoms with E-state index in [1.807, 2.05) is 6.92 Å². The smallest absolute Gasteiger partial charge is 0.410 e. The highest BCUT2D eigenvalue weighted by molar-refractivity contribution is 6.74. The number of hydrogen-bond donors (Lipinski definition) is 0. The molecule has 0 saturated carbocycles. The van der Waals surface area contributed by atoms with Crippen LogP contribution < -0.4 is 4.74 Å². The zero-order chi connectivity index (χ0) is 19.5. The Bertz CT molecular complexity index is 632. The van der Waals surface area contributed by atoms with Crippen LogP contribution in [0.1, 0.15) is 27.7 Å². The molecule has 0 N–H and O–H groups in total. The molecule has 1 amide bonds. The Morgan fingerprint density at radius 3 is 2.69 bits per heavy atom. The van der Waals surface area contributed by atoms with Crippen molar-refractivity contribution in [1.29, 1.82) is 0 Å². The van der Waals surface area contributed by atoms with Crippen LogP contribution in [0.2, 0.25) is 18.1 Å². The maximum atomic E-state index is 13.2. The van der Waals surface area contributed by atoms with Crippen molar-refractivity contribution >= 4 is 14.4 Å². The lowest BCUT2D eigenvalue weighted by Crippen LogP contribution is -2.46. The van der Waals surface area contributed by atoms with Crippen molar-refractivity contribution in [2.75, 3.05) is 19.8 Å². The first-order valence-electron chi connectivity index (χ1n) is 8.99. The molecule has 1 saturated heterocycles. The minimum Gasteiger partial charge on any atom is -0.490 e. The van der Waals surface area contributed by atoms with Crippen molar-refractivity contribution in [3.8, 4) is 5.75 Å². The average Bonchev–Trinajstić information content (AvgIpc) is 2.91. The fourth-order valence-electron chi connectivity index (χ4n) is 2.37. The third-order valence-corrected chi connectivity index (χ3v) is 9.66. The predicted octanol–water partition coefficient (Wildman–Crippen LogP) is 4.44. The number of cyclic esters (lactones) is 1. The predicted molar refractivity (Wildman–Crippen MR) is 101 cm³/mol. The molecule has 1 fully saturated rings. The summed E-state index contributed by atoms with van der Waals surface area (Å²) in [6.07, 6.45) is -0.731. The van der Waals surface area contributed by atoms with Gasteiger partial charge in [-0.15, -0.1) is 0 Å². The van der Waals surface area contributed by atoms with Gasteiger partial charge in [-0.1, -0.05) is 26.8 Å². The van der Waals surface area contributed by atoms with Crippen molar-refractivity contribution in [3.63, 3.8) is 0 Å². The summed E-state index contributed by atoms with van der Waals surface area (Å²) in [5, 5.41) is 0.125. The largest absolute Gasteiger partial charge is 0.490 e. The Labute approximate surface area is 156 Å². The maximum Gasteiger partial charge on any atom is 0.410 e. The summed E-state index contributed by atoms with van der Waals surface area (Å²) < 4.78 is 30.3. The van der Waals surface area contributed by atoms with Crippen molar-refractivity contribution in [3.05, 3.63) is 30.1 Å². The quantitative estimate of drug-likeness (QED) is 0.653. The Morgan fingerprint density at radius 2 is 2.08 bits per heavy atom. The van der Waals surface area contributed by atoms with Crippen molar-refractivity contribution in [2.24, 2.45) is 0 Å². The molecule has 1 heterocycles. The molecule has 7 heteroatoms. The molecule has 1 aliphatic rings. The molecule has 1 aromatic carbocycles.